The van der Waals surface area contributed by atoms with Crippen molar-refractivity contribution in [2.75, 3.05) is 26.2 Å². The predicted molar refractivity (Wildman–Crippen MR) is 58.9 cm³/mol. The summed E-state index contributed by atoms with van der Waals surface area (Å²) in [4.78, 5) is 25.1. The molecule has 2 amide bonds. The molecule has 0 spiro atoms. The zero-order chi connectivity index (χ0) is 11.4. The number of amides is 2. The van der Waals surface area contributed by atoms with Gasteiger partial charge >= 0.3 is 0 Å². The molecular formula is C9H14Cl2N2O2. The number of halogens is 2. The molecule has 1 heterocycles. The zero-order valence-electron chi connectivity index (χ0n) is 8.58. The molecule has 0 saturated carbocycles. The van der Waals surface area contributed by atoms with Crippen molar-refractivity contribution in [1.29, 1.82) is 0 Å². The number of carbonyl (C=O) groups is 2. The van der Waals surface area contributed by atoms with Crippen molar-refractivity contribution in [3.05, 3.63) is 0 Å². The van der Waals surface area contributed by atoms with Gasteiger partial charge in [0, 0.05) is 32.6 Å². The van der Waals surface area contributed by atoms with E-state index in [2.05, 4.69) is 0 Å². The number of carbonyl (C=O) groups excluding carboxylic acids is 2. The van der Waals surface area contributed by atoms with Gasteiger partial charge in [0.2, 0.25) is 5.91 Å². The summed E-state index contributed by atoms with van der Waals surface area (Å²) in [6.45, 7) is 3.99. The molecule has 0 aliphatic carbocycles. The second-order valence-electron chi connectivity index (χ2n) is 3.36. The van der Waals surface area contributed by atoms with Crippen LogP contribution in [0.1, 0.15) is 13.3 Å². The maximum Gasteiger partial charge on any atom is 0.255 e. The minimum Gasteiger partial charge on any atom is -0.339 e. The number of piperazine rings is 1. The van der Waals surface area contributed by atoms with Crippen LogP contribution in [0.3, 0.4) is 0 Å². The van der Waals surface area contributed by atoms with Crippen LogP contribution in [0.4, 0.5) is 0 Å². The van der Waals surface area contributed by atoms with Crippen LogP contribution in [0, 0.1) is 0 Å². The van der Waals surface area contributed by atoms with E-state index in [0.717, 1.165) is 0 Å². The van der Waals surface area contributed by atoms with Crippen LogP contribution in [-0.2, 0) is 9.59 Å². The third-order valence-corrected chi connectivity index (χ3v) is 2.81. The highest BCUT2D eigenvalue weighted by atomic mass is 35.5. The lowest BCUT2D eigenvalue weighted by molar-refractivity contribution is -0.138. The lowest BCUT2D eigenvalue weighted by Crippen LogP contribution is -2.51. The van der Waals surface area contributed by atoms with Crippen LogP contribution in [0.25, 0.3) is 0 Å². The Morgan fingerprint density at radius 2 is 1.60 bits per heavy atom. The molecule has 86 valence electrons. The first-order chi connectivity index (χ1) is 7.06. The Kier molecular flexibility index (Phi) is 4.67. The van der Waals surface area contributed by atoms with E-state index in [1.807, 2.05) is 6.92 Å². The summed E-state index contributed by atoms with van der Waals surface area (Å²) >= 11 is 11.0. The van der Waals surface area contributed by atoms with E-state index < -0.39 is 4.84 Å². The third-order valence-electron chi connectivity index (χ3n) is 2.43. The average molecular weight is 253 g/mol. The molecule has 0 aromatic heterocycles. The van der Waals surface area contributed by atoms with Gasteiger partial charge in [0.1, 0.15) is 0 Å². The number of alkyl halides is 2. The Morgan fingerprint density at radius 1 is 1.13 bits per heavy atom. The van der Waals surface area contributed by atoms with Crippen LogP contribution in [0.15, 0.2) is 0 Å². The summed E-state index contributed by atoms with van der Waals surface area (Å²) in [6, 6.07) is 0. The second kappa shape index (κ2) is 5.56. The van der Waals surface area contributed by atoms with Crippen molar-refractivity contribution < 1.29 is 9.59 Å². The molecule has 1 rings (SSSR count). The van der Waals surface area contributed by atoms with Gasteiger partial charge in [0.15, 0.2) is 4.84 Å². The van der Waals surface area contributed by atoms with E-state index in [0.29, 0.717) is 32.6 Å². The quantitative estimate of drug-likeness (QED) is 0.685. The van der Waals surface area contributed by atoms with E-state index in [-0.39, 0.29) is 11.8 Å². The lowest BCUT2D eigenvalue weighted by atomic mass is 10.3. The van der Waals surface area contributed by atoms with Crippen LogP contribution >= 0.6 is 23.2 Å². The van der Waals surface area contributed by atoms with Crippen LogP contribution in [0.5, 0.6) is 0 Å². The Bertz CT molecular complexity index is 250. The molecule has 1 fully saturated rings. The molecule has 0 unspecified atom stereocenters. The standard InChI is InChI=1S/C9H14Cl2N2O2/c1-2-7(14)12-3-5-13(6-4-12)9(15)8(10)11/h8H,2-6H2,1H3. The van der Waals surface area contributed by atoms with Crippen molar-refractivity contribution in [3.63, 3.8) is 0 Å². The van der Waals surface area contributed by atoms with Gasteiger partial charge in [-0.1, -0.05) is 30.1 Å². The number of nitrogens with zero attached hydrogens (tertiary/aromatic N) is 2. The Labute approximate surface area is 99.1 Å². The van der Waals surface area contributed by atoms with Gasteiger partial charge in [-0.25, -0.2) is 0 Å². The molecular weight excluding hydrogens is 239 g/mol. The van der Waals surface area contributed by atoms with E-state index in [1.54, 1.807) is 9.80 Å². The number of hydrogen-bond donors (Lipinski definition) is 0. The normalized spacial score (nSPS) is 17.1. The van der Waals surface area contributed by atoms with Crippen molar-refractivity contribution in [1.82, 2.24) is 9.80 Å². The molecule has 1 aliphatic rings. The molecule has 0 aromatic rings. The van der Waals surface area contributed by atoms with E-state index in [4.69, 9.17) is 23.2 Å². The minimum absolute atomic E-state index is 0.121. The monoisotopic (exact) mass is 252 g/mol. The topological polar surface area (TPSA) is 40.6 Å². The fourth-order valence-corrected chi connectivity index (χ4v) is 1.81. The van der Waals surface area contributed by atoms with Crippen LogP contribution in [0.2, 0.25) is 0 Å². The van der Waals surface area contributed by atoms with Crippen molar-refractivity contribution in [2.24, 2.45) is 0 Å². The van der Waals surface area contributed by atoms with E-state index >= 15 is 0 Å². The summed E-state index contributed by atoms with van der Waals surface area (Å²) in [5, 5.41) is 0. The van der Waals surface area contributed by atoms with Gasteiger partial charge in [-0.3, -0.25) is 9.59 Å². The summed E-state index contributed by atoms with van der Waals surface area (Å²) in [7, 11) is 0. The fourth-order valence-electron chi connectivity index (χ4n) is 1.54. The van der Waals surface area contributed by atoms with Crippen molar-refractivity contribution in [2.45, 2.75) is 18.2 Å². The Hall–Kier alpha value is -0.480. The van der Waals surface area contributed by atoms with Crippen LogP contribution < -0.4 is 0 Å². The van der Waals surface area contributed by atoms with E-state index in [9.17, 15) is 9.59 Å². The number of rotatable bonds is 2. The summed E-state index contributed by atoms with van der Waals surface area (Å²) in [5.74, 6) is -0.155. The number of hydrogen-bond acceptors (Lipinski definition) is 2. The smallest absolute Gasteiger partial charge is 0.255 e. The van der Waals surface area contributed by atoms with Crippen molar-refractivity contribution in [3.8, 4) is 0 Å². The first kappa shape index (κ1) is 12.6. The van der Waals surface area contributed by atoms with Gasteiger partial charge in [-0.2, -0.15) is 0 Å². The van der Waals surface area contributed by atoms with Gasteiger partial charge in [0.05, 0.1) is 0 Å². The minimum atomic E-state index is -1.00. The Balaban J connectivity index is 2.42. The van der Waals surface area contributed by atoms with Crippen molar-refractivity contribution >= 4 is 35.0 Å². The Morgan fingerprint density at radius 3 is 2.00 bits per heavy atom. The SMILES string of the molecule is CCC(=O)N1CCN(C(=O)C(Cl)Cl)CC1. The van der Waals surface area contributed by atoms with Gasteiger partial charge in [0.25, 0.3) is 5.91 Å². The molecule has 0 N–H and O–H groups in total. The van der Waals surface area contributed by atoms with Gasteiger partial charge in [-0.05, 0) is 0 Å². The fraction of sp³-hybridized carbons (Fsp3) is 0.778. The highest BCUT2D eigenvalue weighted by molar-refractivity contribution is 6.53. The predicted octanol–water partition coefficient (Wildman–Crippen LogP) is 0.871. The molecule has 0 bridgehead atoms. The zero-order valence-corrected chi connectivity index (χ0v) is 10.1. The average Bonchev–Trinajstić information content (AvgIpc) is 2.27. The molecule has 6 heteroatoms. The van der Waals surface area contributed by atoms with Gasteiger partial charge < -0.3 is 9.80 Å². The van der Waals surface area contributed by atoms with E-state index in [1.165, 1.54) is 0 Å². The highest BCUT2D eigenvalue weighted by Gasteiger charge is 2.26. The maximum atomic E-state index is 11.4. The highest BCUT2D eigenvalue weighted by Crippen LogP contribution is 2.10. The molecule has 0 radical (unpaired) electrons. The largest absolute Gasteiger partial charge is 0.339 e. The molecule has 0 atom stereocenters. The maximum absolute atomic E-state index is 11.4. The summed E-state index contributed by atoms with van der Waals surface area (Å²) in [6.07, 6.45) is 0.502. The second-order valence-corrected chi connectivity index (χ2v) is 4.46. The molecule has 15 heavy (non-hydrogen) atoms. The molecule has 4 nitrogen and oxygen atoms in total. The van der Waals surface area contributed by atoms with Gasteiger partial charge in [-0.15, -0.1) is 0 Å². The lowest BCUT2D eigenvalue weighted by Gasteiger charge is -2.34. The van der Waals surface area contributed by atoms with Crippen LogP contribution in [-0.4, -0.2) is 52.6 Å². The molecule has 1 saturated heterocycles. The molecule has 1 aliphatic heterocycles. The summed E-state index contributed by atoms with van der Waals surface area (Å²) < 4.78 is 0. The summed E-state index contributed by atoms with van der Waals surface area (Å²) in [5.41, 5.74) is 0. The molecule has 0 aromatic carbocycles. The first-order valence-corrected chi connectivity index (χ1v) is 5.78. The third kappa shape index (κ3) is 3.24. The first-order valence-electron chi connectivity index (χ1n) is 4.91.